The molecule has 4 aliphatic rings. The van der Waals surface area contributed by atoms with Crippen molar-refractivity contribution in [3.63, 3.8) is 0 Å². The fourth-order valence-electron chi connectivity index (χ4n) is 9.79. The molecule has 4 amide bonds. The van der Waals surface area contributed by atoms with Crippen LogP contribution in [0.3, 0.4) is 0 Å². The van der Waals surface area contributed by atoms with Crippen molar-refractivity contribution >= 4 is 51.3 Å². The van der Waals surface area contributed by atoms with E-state index in [1.54, 1.807) is 28.3 Å². The average Bonchev–Trinajstić information content (AvgIpc) is 3.95. The summed E-state index contributed by atoms with van der Waals surface area (Å²) in [6.45, 7) is 3.02. The lowest BCUT2D eigenvalue weighted by atomic mass is 9.84. The first-order valence-electron chi connectivity index (χ1n) is 21.4. The number of pyridine rings is 1. The molecule has 3 aromatic heterocycles. The summed E-state index contributed by atoms with van der Waals surface area (Å²) in [5.74, 6) is -0.573. The molecule has 6 heterocycles. The topological polar surface area (TPSA) is 174 Å². The molecule has 18 heteroatoms. The van der Waals surface area contributed by atoms with Gasteiger partial charge < -0.3 is 20.3 Å². The second-order valence-electron chi connectivity index (χ2n) is 17.1. The van der Waals surface area contributed by atoms with Crippen molar-refractivity contribution in [1.82, 2.24) is 39.4 Å². The number of anilines is 1. The third kappa shape index (κ3) is 8.31. The molecule has 1 aliphatic carbocycles. The van der Waals surface area contributed by atoms with E-state index in [1.807, 2.05) is 23.0 Å². The monoisotopic (exact) mass is 855 g/mol. The van der Waals surface area contributed by atoms with Gasteiger partial charge in [-0.15, -0.1) is 0 Å². The van der Waals surface area contributed by atoms with Gasteiger partial charge >= 0.3 is 11.9 Å². The molecule has 3 saturated heterocycles. The number of ether oxygens (including phenoxy) is 1. The molecule has 15 nitrogen and oxygen atoms in total. The molecule has 0 radical (unpaired) electrons. The lowest BCUT2D eigenvalue weighted by Crippen LogP contribution is -2.44. The van der Waals surface area contributed by atoms with E-state index in [1.165, 1.54) is 6.07 Å². The van der Waals surface area contributed by atoms with Gasteiger partial charge in [0.05, 0.1) is 34.3 Å². The Morgan fingerprint density at radius 3 is 2.40 bits per heavy atom. The number of benzene rings is 2. The van der Waals surface area contributed by atoms with Gasteiger partial charge in [0.1, 0.15) is 29.8 Å². The summed E-state index contributed by atoms with van der Waals surface area (Å²) < 4.78 is 51.3. The Labute approximate surface area is 354 Å². The molecule has 2 atom stereocenters. The molecule has 62 heavy (non-hydrogen) atoms. The summed E-state index contributed by atoms with van der Waals surface area (Å²) in [5.41, 5.74) is 1.75. The molecule has 1 saturated carbocycles. The number of carbonyl (C=O) groups is 4. The molecule has 9 rings (SSSR count). The second-order valence-corrected chi connectivity index (χ2v) is 17.1. The maximum Gasteiger partial charge on any atom is 0.433 e. The van der Waals surface area contributed by atoms with Crippen molar-refractivity contribution < 1.29 is 37.1 Å². The number of amides is 4. The first kappa shape index (κ1) is 41.3. The number of nitrogens with one attached hydrogen (secondary N) is 3. The first-order valence-corrected chi connectivity index (χ1v) is 21.4. The van der Waals surface area contributed by atoms with Crippen molar-refractivity contribution in [2.45, 2.75) is 94.4 Å². The summed E-state index contributed by atoms with van der Waals surface area (Å²) in [6, 6.07) is 11.7. The highest BCUT2D eigenvalue weighted by molar-refractivity contribution is 6.05. The molecule has 2 aromatic carbocycles. The zero-order chi connectivity index (χ0) is 43.3. The number of aromatic nitrogens is 5. The molecule has 3 aliphatic heterocycles. The molecule has 3 N–H and O–H groups in total. The lowest BCUT2D eigenvalue weighted by molar-refractivity contribution is -0.141. The Kier molecular flexibility index (Phi) is 11.1. The Balaban J connectivity index is 0.837. The molecular weight excluding hydrogens is 808 g/mol. The van der Waals surface area contributed by atoms with Crippen molar-refractivity contribution in [2.24, 2.45) is 13.0 Å². The smallest absolute Gasteiger partial charge is 0.433 e. The van der Waals surface area contributed by atoms with E-state index in [4.69, 9.17) is 9.84 Å². The van der Waals surface area contributed by atoms with E-state index < -0.39 is 35.4 Å². The SMILES string of the molecule is Cn1c(=O)n(C2CCC(=O)NC2=O)c2cccc(C3CCN(C[C@H]4CC[C@H](n5cc6cc(NC(=O)c7cccc(C(F)(F)F)n7)c(OC[C@@H]7CCC(=O)N7)cc6n5)CC4)CC3)c21. The van der Waals surface area contributed by atoms with Crippen LogP contribution < -0.4 is 26.4 Å². The third-order valence-corrected chi connectivity index (χ3v) is 13.1. The van der Waals surface area contributed by atoms with Crippen LogP contribution in [0.2, 0.25) is 0 Å². The van der Waals surface area contributed by atoms with E-state index in [-0.39, 0.29) is 60.0 Å². The predicted octanol–water partition coefficient (Wildman–Crippen LogP) is 5.60. The molecule has 4 fully saturated rings. The minimum Gasteiger partial charge on any atom is -0.489 e. The zero-order valence-electron chi connectivity index (χ0n) is 34.2. The van der Waals surface area contributed by atoms with Crippen LogP contribution in [0.25, 0.3) is 21.9 Å². The van der Waals surface area contributed by atoms with Gasteiger partial charge in [-0.2, -0.15) is 18.3 Å². The largest absolute Gasteiger partial charge is 0.489 e. The number of fused-ring (bicyclic) bond motifs is 2. The summed E-state index contributed by atoms with van der Waals surface area (Å²) >= 11 is 0. The number of nitrogens with zero attached hydrogens (tertiary/aromatic N) is 6. The maximum absolute atomic E-state index is 13.5. The van der Waals surface area contributed by atoms with Gasteiger partial charge in [-0.25, -0.2) is 9.78 Å². The predicted molar refractivity (Wildman–Crippen MR) is 222 cm³/mol. The van der Waals surface area contributed by atoms with Gasteiger partial charge in [0.2, 0.25) is 17.7 Å². The average molecular weight is 856 g/mol. The van der Waals surface area contributed by atoms with Gasteiger partial charge in [-0.1, -0.05) is 18.2 Å². The number of alkyl halides is 3. The Bertz CT molecular complexity index is 2620. The Morgan fingerprint density at radius 2 is 1.68 bits per heavy atom. The van der Waals surface area contributed by atoms with Gasteiger partial charge in [0.15, 0.2) is 0 Å². The molecule has 0 bridgehead atoms. The highest BCUT2D eigenvalue weighted by atomic mass is 19.4. The molecule has 326 valence electrons. The number of imide groups is 1. The van der Waals surface area contributed by atoms with Crippen LogP contribution in [-0.2, 0) is 27.6 Å². The lowest BCUT2D eigenvalue weighted by Gasteiger charge is -2.37. The van der Waals surface area contributed by atoms with Crippen molar-refractivity contribution in [3.05, 3.63) is 82.2 Å². The Hall–Kier alpha value is -6.04. The van der Waals surface area contributed by atoms with Gasteiger partial charge in [-0.05, 0) is 106 Å². The summed E-state index contributed by atoms with van der Waals surface area (Å²) in [5, 5.41) is 13.6. The quantitative estimate of drug-likeness (QED) is 0.151. The van der Waals surface area contributed by atoms with E-state index in [2.05, 4.69) is 31.9 Å². The van der Waals surface area contributed by atoms with E-state index >= 15 is 0 Å². The first-order chi connectivity index (χ1) is 29.8. The second kappa shape index (κ2) is 16.7. The highest BCUT2D eigenvalue weighted by Crippen LogP contribution is 2.38. The summed E-state index contributed by atoms with van der Waals surface area (Å²) in [6.07, 6.45) is 4.53. The normalized spacial score (nSPS) is 22.9. The van der Waals surface area contributed by atoms with Crippen LogP contribution in [0.5, 0.6) is 5.75 Å². The number of rotatable bonds is 10. The summed E-state index contributed by atoms with van der Waals surface area (Å²) in [4.78, 5) is 69.1. The standard InChI is InChI=1S/C44H48F3N9O6/c1-53-40-30(4-2-6-34(40)56(43(53)61)35-13-15-39(58)51-42(35)60)26-16-18-54(19-17-26)22-25-8-11-29(12-9-25)55-23-27-20-33(50-41(59)31-5-3-7-37(49-31)44(45,46)47)36(21-32(27)52-55)62-24-28-10-14-38(57)48-28/h2-7,20-21,23,25-26,28-29,35H,8-19,22,24H2,1H3,(H,48,57)(H,50,59)(H,51,58,60)/t25-,28-,29-,35?/m0/s1. The number of piperidine rings is 2. The van der Waals surface area contributed by atoms with Crippen LogP contribution in [0, 0.1) is 5.92 Å². The third-order valence-electron chi connectivity index (χ3n) is 13.1. The number of imidazole rings is 1. The number of hydrogen-bond acceptors (Lipinski definition) is 9. The van der Waals surface area contributed by atoms with E-state index in [0.29, 0.717) is 30.7 Å². The molecular formula is C44H48F3N9O6. The summed E-state index contributed by atoms with van der Waals surface area (Å²) in [7, 11) is 1.75. The van der Waals surface area contributed by atoms with Crippen LogP contribution in [0.15, 0.2) is 59.5 Å². The van der Waals surface area contributed by atoms with Gasteiger partial charge in [0.25, 0.3) is 5.91 Å². The number of hydrogen-bond donors (Lipinski definition) is 3. The number of aryl methyl sites for hydroxylation is 1. The number of halogens is 3. The Morgan fingerprint density at radius 1 is 0.919 bits per heavy atom. The molecule has 5 aromatic rings. The van der Waals surface area contributed by atoms with Gasteiger partial charge in [0, 0.05) is 44.1 Å². The van der Waals surface area contributed by atoms with E-state index in [9.17, 15) is 37.1 Å². The minimum absolute atomic E-state index is 0.0716. The van der Waals surface area contributed by atoms with Crippen LogP contribution in [-0.4, -0.2) is 84.7 Å². The van der Waals surface area contributed by atoms with Crippen molar-refractivity contribution in [2.75, 3.05) is 31.6 Å². The van der Waals surface area contributed by atoms with E-state index in [0.717, 1.165) is 92.3 Å². The fourth-order valence-corrected chi connectivity index (χ4v) is 9.79. The van der Waals surface area contributed by atoms with Crippen molar-refractivity contribution in [3.8, 4) is 5.75 Å². The number of para-hydroxylation sites is 1. The van der Waals surface area contributed by atoms with Crippen LogP contribution in [0.4, 0.5) is 18.9 Å². The van der Waals surface area contributed by atoms with Crippen molar-refractivity contribution in [1.29, 1.82) is 0 Å². The number of carbonyl (C=O) groups excluding carboxylic acids is 4. The molecule has 1 unspecified atom stereocenters. The fraction of sp³-hybridized carbons (Fsp3) is 0.477. The zero-order valence-corrected chi connectivity index (χ0v) is 34.2. The van der Waals surface area contributed by atoms with Crippen LogP contribution >= 0.6 is 0 Å². The maximum atomic E-state index is 13.5. The molecule has 0 spiro atoms. The minimum atomic E-state index is -4.71. The highest BCUT2D eigenvalue weighted by Gasteiger charge is 2.35. The van der Waals surface area contributed by atoms with Gasteiger partial charge in [-0.3, -0.25) is 38.3 Å². The number of likely N-dealkylation sites (tertiary alicyclic amines) is 1. The van der Waals surface area contributed by atoms with Crippen LogP contribution in [0.1, 0.15) is 104 Å².